The average Bonchev–Trinajstić information content (AvgIpc) is 3.40. The van der Waals surface area contributed by atoms with Gasteiger partial charge in [-0.05, 0) is 83.5 Å². The number of hydrogen-bond donors (Lipinski definition) is 1. The molecule has 0 amide bonds. The molecule has 0 aliphatic rings. The summed E-state index contributed by atoms with van der Waals surface area (Å²) in [6.07, 6.45) is 89.4. The van der Waals surface area contributed by atoms with Crippen LogP contribution in [-0.4, -0.2) is 36.4 Å². The van der Waals surface area contributed by atoms with Gasteiger partial charge in [0.05, 0.1) is 6.61 Å². The zero-order valence-corrected chi connectivity index (χ0v) is 49.4. The first-order valence-corrected chi connectivity index (χ1v) is 32.5. The number of aliphatic hydroxyl groups is 1. The molecule has 0 aromatic heterocycles. The zero-order chi connectivity index (χ0) is 53.4. The molecule has 5 heteroatoms. The van der Waals surface area contributed by atoms with Crippen molar-refractivity contribution in [2.24, 2.45) is 0 Å². The normalized spacial score (nSPS) is 12.6. The van der Waals surface area contributed by atoms with Crippen molar-refractivity contribution in [1.29, 1.82) is 0 Å². The molecule has 0 rings (SSSR count). The molecule has 5 nitrogen and oxygen atoms in total. The van der Waals surface area contributed by atoms with Crippen LogP contribution in [0.2, 0.25) is 0 Å². The largest absolute Gasteiger partial charge is 0.462 e. The molecule has 0 radical (unpaired) electrons. The molecule has 1 atom stereocenters. The van der Waals surface area contributed by atoms with E-state index in [0.717, 1.165) is 77.0 Å². The molecule has 0 heterocycles. The van der Waals surface area contributed by atoms with Crippen molar-refractivity contribution in [3.63, 3.8) is 0 Å². The molecule has 0 aliphatic heterocycles. The SMILES string of the molecule is CC/C=C\C/C=C\C/C=C\C/C=C\C/C=C\CCCCCC(=O)OC(CO)COC(=O)CCCCCCCCCCCCCCCCCCCCCCCCCCCCCCC/C=C\CCCCCCCCCC. The highest BCUT2D eigenvalue weighted by Crippen LogP contribution is 2.18. The molecular weight excluding hydrogens is 909 g/mol. The van der Waals surface area contributed by atoms with Crippen LogP contribution in [0.1, 0.15) is 335 Å². The van der Waals surface area contributed by atoms with E-state index in [1.165, 1.54) is 231 Å². The molecule has 0 saturated heterocycles. The molecule has 1 unspecified atom stereocenters. The van der Waals surface area contributed by atoms with E-state index in [2.05, 4.69) is 86.8 Å². The minimum atomic E-state index is -0.792. The molecule has 0 aliphatic carbocycles. The topological polar surface area (TPSA) is 72.8 Å². The summed E-state index contributed by atoms with van der Waals surface area (Å²) < 4.78 is 10.7. The Kier molecular flexibility index (Phi) is 62.3. The van der Waals surface area contributed by atoms with Gasteiger partial charge in [0, 0.05) is 12.8 Å². The number of hydrogen-bond acceptors (Lipinski definition) is 5. The van der Waals surface area contributed by atoms with Crippen molar-refractivity contribution in [3.8, 4) is 0 Å². The Morgan fingerprint density at radius 1 is 0.324 bits per heavy atom. The van der Waals surface area contributed by atoms with E-state index in [9.17, 15) is 14.7 Å². The van der Waals surface area contributed by atoms with Gasteiger partial charge in [0.15, 0.2) is 6.10 Å². The molecule has 0 aromatic carbocycles. The van der Waals surface area contributed by atoms with Gasteiger partial charge >= 0.3 is 11.9 Å². The number of ether oxygens (including phenoxy) is 2. The number of carbonyl (C=O) groups excluding carboxylic acids is 2. The van der Waals surface area contributed by atoms with Gasteiger partial charge < -0.3 is 14.6 Å². The summed E-state index contributed by atoms with van der Waals surface area (Å²) in [5, 5.41) is 9.65. The summed E-state index contributed by atoms with van der Waals surface area (Å²) in [5.41, 5.74) is 0. The van der Waals surface area contributed by atoms with Gasteiger partial charge in [-0.25, -0.2) is 0 Å². The van der Waals surface area contributed by atoms with Crippen LogP contribution in [0.4, 0.5) is 0 Å². The number of esters is 2. The van der Waals surface area contributed by atoms with E-state index in [4.69, 9.17) is 9.47 Å². The first-order chi connectivity index (χ1) is 36.6. The van der Waals surface area contributed by atoms with Crippen LogP contribution in [0, 0.1) is 0 Å². The van der Waals surface area contributed by atoms with Gasteiger partial charge in [0.1, 0.15) is 6.61 Å². The predicted octanol–water partition coefficient (Wildman–Crippen LogP) is 22.3. The second kappa shape index (κ2) is 64.6. The second-order valence-corrected chi connectivity index (χ2v) is 21.8. The zero-order valence-electron chi connectivity index (χ0n) is 49.4. The third-order valence-electron chi connectivity index (χ3n) is 14.5. The summed E-state index contributed by atoms with van der Waals surface area (Å²) in [6, 6.07) is 0. The highest BCUT2D eigenvalue weighted by Gasteiger charge is 2.16. The third kappa shape index (κ3) is 61.9. The lowest BCUT2D eigenvalue weighted by atomic mass is 10.0. The minimum Gasteiger partial charge on any atom is -0.462 e. The molecular formula is C69H124O5. The van der Waals surface area contributed by atoms with E-state index < -0.39 is 6.10 Å². The van der Waals surface area contributed by atoms with Crippen molar-refractivity contribution >= 4 is 11.9 Å². The Labute approximate surface area is 461 Å². The van der Waals surface area contributed by atoms with Gasteiger partial charge in [0.25, 0.3) is 0 Å². The first-order valence-electron chi connectivity index (χ1n) is 32.5. The van der Waals surface area contributed by atoms with Gasteiger partial charge in [0.2, 0.25) is 0 Å². The second-order valence-electron chi connectivity index (χ2n) is 21.8. The van der Waals surface area contributed by atoms with Crippen LogP contribution in [0.5, 0.6) is 0 Å². The summed E-state index contributed by atoms with van der Waals surface area (Å²) in [5.74, 6) is -0.619. The summed E-state index contributed by atoms with van der Waals surface area (Å²) >= 11 is 0. The first kappa shape index (κ1) is 71.3. The monoisotopic (exact) mass is 1030 g/mol. The van der Waals surface area contributed by atoms with Gasteiger partial charge in [-0.1, -0.05) is 311 Å². The maximum absolute atomic E-state index is 12.3. The summed E-state index contributed by atoms with van der Waals surface area (Å²) in [4.78, 5) is 24.5. The van der Waals surface area contributed by atoms with E-state index in [-0.39, 0.29) is 25.2 Å². The van der Waals surface area contributed by atoms with Crippen molar-refractivity contribution in [3.05, 3.63) is 72.9 Å². The molecule has 0 aromatic rings. The van der Waals surface area contributed by atoms with Crippen molar-refractivity contribution in [2.45, 2.75) is 341 Å². The lowest BCUT2D eigenvalue weighted by Crippen LogP contribution is -2.28. The standard InChI is InChI=1S/C69H124O5/c1-3-5-7-9-11-13-15-17-19-21-23-24-25-26-27-28-29-30-31-32-33-34-35-36-37-38-39-40-41-42-43-44-46-47-49-51-53-55-57-59-61-63-68(71)73-66-67(65-70)74-69(72)64-62-60-58-56-54-52-50-48-45-22-20-18-16-14-12-10-8-6-4-2/h6,8,12,14,18,20-21,23,45,48,52,54,67,70H,3-5,7,9-11,13,15-17,19,22,24-44,46-47,49-51,53,55-66H2,1-2H3/b8-6-,14-12-,20-18-,23-21-,48-45-,54-52-. The van der Waals surface area contributed by atoms with Crippen molar-refractivity contribution in [2.75, 3.05) is 13.2 Å². The van der Waals surface area contributed by atoms with E-state index in [0.29, 0.717) is 12.8 Å². The molecule has 430 valence electrons. The van der Waals surface area contributed by atoms with E-state index in [1.807, 2.05) is 0 Å². The van der Waals surface area contributed by atoms with Crippen LogP contribution >= 0.6 is 0 Å². The van der Waals surface area contributed by atoms with E-state index >= 15 is 0 Å². The van der Waals surface area contributed by atoms with Gasteiger partial charge in [-0.2, -0.15) is 0 Å². The maximum atomic E-state index is 12.3. The van der Waals surface area contributed by atoms with Crippen molar-refractivity contribution < 1.29 is 24.2 Å². The fourth-order valence-corrected chi connectivity index (χ4v) is 9.64. The molecule has 1 N–H and O–H groups in total. The van der Waals surface area contributed by atoms with Crippen LogP contribution < -0.4 is 0 Å². The molecule has 0 fully saturated rings. The van der Waals surface area contributed by atoms with E-state index in [1.54, 1.807) is 0 Å². The molecule has 0 spiro atoms. The van der Waals surface area contributed by atoms with Crippen LogP contribution in [0.25, 0.3) is 0 Å². The Morgan fingerprint density at radius 3 is 0.905 bits per heavy atom. The van der Waals surface area contributed by atoms with Crippen LogP contribution in [0.3, 0.4) is 0 Å². The van der Waals surface area contributed by atoms with Gasteiger partial charge in [-0.3, -0.25) is 9.59 Å². The number of unbranched alkanes of at least 4 members (excludes halogenated alkanes) is 40. The number of allylic oxidation sites excluding steroid dienone is 12. The molecule has 0 bridgehead atoms. The highest BCUT2D eigenvalue weighted by atomic mass is 16.6. The Hall–Kier alpha value is -2.66. The predicted molar refractivity (Wildman–Crippen MR) is 325 cm³/mol. The summed E-state index contributed by atoms with van der Waals surface area (Å²) in [7, 11) is 0. The lowest BCUT2D eigenvalue weighted by molar-refractivity contribution is -0.161. The molecule has 74 heavy (non-hydrogen) atoms. The lowest BCUT2D eigenvalue weighted by Gasteiger charge is -2.15. The van der Waals surface area contributed by atoms with Crippen LogP contribution in [-0.2, 0) is 19.1 Å². The maximum Gasteiger partial charge on any atom is 0.306 e. The average molecular weight is 1030 g/mol. The Bertz CT molecular complexity index is 1310. The van der Waals surface area contributed by atoms with Crippen LogP contribution in [0.15, 0.2) is 72.9 Å². The fourth-order valence-electron chi connectivity index (χ4n) is 9.64. The highest BCUT2D eigenvalue weighted by molar-refractivity contribution is 5.70. The molecule has 0 saturated carbocycles. The number of rotatable bonds is 60. The number of aliphatic hydroxyl groups excluding tert-OH is 1. The quantitative estimate of drug-likeness (QED) is 0.0373. The van der Waals surface area contributed by atoms with Gasteiger partial charge in [-0.15, -0.1) is 0 Å². The smallest absolute Gasteiger partial charge is 0.306 e. The minimum absolute atomic E-state index is 0.0793. The van der Waals surface area contributed by atoms with Crippen molar-refractivity contribution in [1.82, 2.24) is 0 Å². The Balaban J connectivity index is 3.40. The Morgan fingerprint density at radius 2 is 0.581 bits per heavy atom. The summed E-state index contributed by atoms with van der Waals surface area (Å²) in [6.45, 7) is 4.03. The fraction of sp³-hybridized carbons (Fsp3) is 0.797. The number of carbonyl (C=O) groups is 2. The third-order valence-corrected chi connectivity index (χ3v) is 14.5.